The van der Waals surface area contributed by atoms with E-state index in [1.54, 1.807) is 12.1 Å². The van der Waals surface area contributed by atoms with E-state index in [9.17, 15) is 4.39 Å². The summed E-state index contributed by atoms with van der Waals surface area (Å²) in [5.41, 5.74) is 6.84. The van der Waals surface area contributed by atoms with Crippen LogP contribution in [0.25, 0.3) is 44.3 Å². The molecule has 1 aliphatic carbocycles. The highest BCUT2D eigenvalue weighted by Crippen LogP contribution is 2.37. The summed E-state index contributed by atoms with van der Waals surface area (Å²) in [6, 6.07) is 23.4. The zero-order valence-corrected chi connectivity index (χ0v) is 18.6. The highest BCUT2D eigenvalue weighted by molar-refractivity contribution is 6.10. The molecule has 2 nitrogen and oxygen atoms in total. The first-order valence-corrected chi connectivity index (χ1v) is 11.9. The SMILES string of the molecule is Fc1cccc(-c2ccc3oc4c(-c5cc(CC6CCCCC6)ccn5)cccc4c3c2)c1. The minimum Gasteiger partial charge on any atom is -0.455 e. The summed E-state index contributed by atoms with van der Waals surface area (Å²) in [5.74, 6) is 0.559. The van der Waals surface area contributed by atoms with Crippen LogP contribution in [-0.2, 0) is 6.42 Å². The molecule has 3 aromatic carbocycles. The lowest BCUT2D eigenvalue weighted by Gasteiger charge is -2.21. The normalized spacial score (nSPS) is 14.8. The van der Waals surface area contributed by atoms with Crippen molar-refractivity contribution in [2.45, 2.75) is 38.5 Å². The minimum atomic E-state index is -0.230. The molecule has 0 radical (unpaired) electrons. The van der Waals surface area contributed by atoms with E-state index in [1.165, 1.54) is 43.7 Å². The number of nitrogens with zero attached hydrogens (tertiary/aromatic N) is 1. The van der Waals surface area contributed by atoms with Gasteiger partial charge in [0.05, 0.1) is 5.69 Å². The third-order valence-corrected chi connectivity index (χ3v) is 7.00. The van der Waals surface area contributed by atoms with E-state index in [2.05, 4.69) is 36.4 Å². The number of hydrogen-bond donors (Lipinski definition) is 0. The van der Waals surface area contributed by atoms with E-state index >= 15 is 0 Å². The van der Waals surface area contributed by atoms with Crippen molar-refractivity contribution in [1.29, 1.82) is 0 Å². The van der Waals surface area contributed by atoms with Gasteiger partial charge in [0.15, 0.2) is 0 Å². The van der Waals surface area contributed by atoms with Gasteiger partial charge in [-0.05, 0) is 71.5 Å². The second-order valence-electron chi connectivity index (χ2n) is 9.26. The number of fused-ring (bicyclic) bond motifs is 3. The number of pyridine rings is 1. The molecule has 1 saturated carbocycles. The van der Waals surface area contributed by atoms with Gasteiger partial charge < -0.3 is 4.42 Å². The van der Waals surface area contributed by atoms with Crippen molar-refractivity contribution in [1.82, 2.24) is 4.98 Å². The molecule has 2 aromatic heterocycles. The predicted molar refractivity (Wildman–Crippen MR) is 133 cm³/mol. The van der Waals surface area contributed by atoms with Crippen molar-refractivity contribution in [2.75, 3.05) is 0 Å². The third-order valence-electron chi connectivity index (χ3n) is 7.00. The summed E-state index contributed by atoms with van der Waals surface area (Å²) >= 11 is 0. The van der Waals surface area contributed by atoms with Crippen molar-refractivity contribution in [2.24, 2.45) is 5.92 Å². The van der Waals surface area contributed by atoms with E-state index < -0.39 is 0 Å². The van der Waals surface area contributed by atoms with Crippen molar-refractivity contribution in [3.8, 4) is 22.4 Å². The maximum atomic E-state index is 13.8. The van der Waals surface area contributed by atoms with Crippen LogP contribution in [0.2, 0.25) is 0 Å². The number of rotatable bonds is 4. The summed E-state index contributed by atoms with van der Waals surface area (Å²) in [5, 5.41) is 2.09. The zero-order valence-electron chi connectivity index (χ0n) is 18.6. The molecule has 0 saturated heterocycles. The molecular weight excluding hydrogens is 409 g/mol. The quantitative estimate of drug-likeness (QED) is 0.282. The summed E-state index contributed by atoms with van der Waals surface area (Å²) in [4.78, 5) is 4.70. The lowest BCUT2D eigenvalue weighted by molar-refractivity contribution is 0.356. The molecule has 0 spiro atoms. The van der Waals surface area contributed by atoms with Crippen LogP contribution in [0.4, 0.5) is 4.39 Å². The molecule has 0 N–H and O–H groups in total. The highest BCUT2D eigenvalue weighted by Gasteiger charge is 2.17. The van der Waals surface area contributed by atoms with Crippen LogP contribution in [0.5, 0.6) is 0 Å². The first-order chi connectivity index (χ1) is 16.2. The average Bonchev–Trinajstić information content (AvgIpc) is 3.23. The number of para-hydroxylation sites is 1. The fourth-order valence-electron chi connectivity index (χ4n) is 5.32. The number of aromatic nitrogens is 1. The van der Waals surface area contributed by atoms with Gasteiger partial charge in [-0.2, -0.15) is 0 Å². The van der Waals surface area contributed by atoms with Gasteiger partial charge in [-0.15, -0.1) is 0 Å². The Hall–Kier alpha value is -3.46. The summed E-state index contributed by atoms with van der Waals surface area (Å²) < 4.78 is 20.1. The largest absolute Gasteiger partial charge is 0.455 e. The van der Waals surface area contributed by atoms with Crippen LogP contribution < -0.4 is 0 Å². The smallest absolute Gasteiger partial charge is 0.144 e. The standard InChI is InChI=1S/C30H26FNO/c31-24-9-4-8-22(18-24)23-12-13-29-27(19-23)25-10-5-11-26(30(25)33-29)28-17-21(14-15-32-28)16-20-6-2-1-3-7-20/h4-5,8-15,17-20H,1-3,6-7,16H2. The Morgan fingerprint density at radius 3 is 2.55 bits per heavy atom. The van der Waals surface area contributed by atoms with Gasteiger partial charge in [0.1, 0.15) is 17.0 Å². The minimum absolute atomic E-state index is 0.230. The van der Waals surface area contributed by atoms with Gasteiger partial charge in [-0.25, -0.2) is 4.39 Å². The van der Waals surface area contributed by atoms with E-state index in [0.717, 1.165) is 56.7 Å². The van der Waals surface area contributed by atoms with E-state index in [-0.39, 0.29) is 5.82 Å². The summed E-state index contributed by atoms with van der Waals surface area (Å²) in [6.07, 6.45) is 9.83. The second kappa shape index (κ2) is 8.47. The van der Waals surface area contributed by atoms with Crippen molar-refractivity contribution in [3.63, 3.8) is 0 Å². The van der Waals surface area contributed by atoms with Gasteiger partial charge in [0.25, 0.3) is 0 Å². The molecule has 164 valence electrons. The topological polar surface area (TPSA) is 26.0 Å². The van der Waals surface area contributed by atoms with E-state index in [1.807, 2.05) is 24.4 Å². The molecule has 3 heteroatoms. The molecule has 0 unspecified atom stereocenters. The number of hydrogen-bond acceptors (Lipinski definition) is 2. The summed E-state index contributed by atoms with van der Waals surface area (Å²) in [7, 11) is 0. The van der Waals surface area contributed by atoms with Crippen LogP contribution >= 0.6 is 0 Å². The van der Waals surface area contributed by atoms with Crippen molar-refractivity contribution < 1.29 is 8.81 Å². The molecule has 0 bridgehead atoms. The molecule has 0 atom stereocenters. The molecular formula is C30H26FNO. The van der Waals surface area contributed by atoms with Crippen LogP contribution in [0.1, 0.15) is 37.7 Å². The second-order valence-corrected chi connectivity index (χ2v) is 9.26. The Labute approximate surface area is 193 Å². The summed E-state index contributed by atoms with van der Waals surface area (Å²) in [6.45, 7) is 0. The van der Waals surface area contributed by atoms with Crippen LogP contribution in [0.15, 0.2) is 83.4 Å². The molecule has 5 aromatic rings. The van der Waals surface area contributed by atoms with Crippen molar-refractivity contribution in [3.05, 3.63) is 90.4 Å². The Morgan fingerprint density at radius 1 is 0.818 bits per heavy atom. The number of halogens is 1. The molecule has 2 heterocycles. The molecule has 1 aliphatic rings. The zero-order chi connectivity index (χ0) is 22.2. The fraction of sp³-hybridized carbons (Fsp3) is 0.233. The van der Waals surface area contributed by atoms with Gasteiger partial charge >= 0.3 is 0 Å². The average molecular weight is 436 g/mol. The third kappa shape index (κ3) is 3.93. The molecule has 0 aliphatic heterocycles. The first kappa shape index (κ1) is 20.2. The Balaban J connectivity index is 1.41. The Kier molecular flexibility index (Phi) is 5.18. The molecule has 33 heavy (non-hydrogen) atoms. The van der Waals surface area contributed by atoms with E-state index in [0.29, 0.717) is 0 Å². The fourth-order valence-corrected chi connectivity index (χ4v) is 5.32. The number of furan rings is 1. The van der Waals surface area contributed by atoms with Crippen LogP contribution in [0, 0.1) is 11.7 Å². The van der Waals surface area contributed by atoms with Crippen LogP contribution in [0.3, 0.4) is 0 Å². The van der Waals surface area contributed by atoms with Crippen LogP contribution in [-0.4, -0.2) is 4.98 Å². The maximum Gasteiger partial charge on any atom is 0.144 e. The van der Waals surface area contributed by atoms with Gasteiger partial charge in [-0.1, -0.05) is 62.4 Å². The Bertz CT molecular complexity index is 1440. The van der Waals surface area contributed by atoms with E-state index in [4.69, 9.17) is 9.40 Å². The first-order valence-electron chi connectivity index (χ1n) is 11.9. The number of benzene rings is 3. The molecule has 0 amide bonds. The molecule has 1 fully saturated rings. The van der Waals surface area contributed by atoms with Gasteiger partial charge in [-0.3, -0.25) is 4.98 Å². The predicted octanol–water partition coefficient (Wildman–Crippen LogP) is 8.58. The lowest BCUT2D eigenvalue weighted by atomic mass is 9.85. The van der Waals surface area contributed by atoms with Gasteiger partial charge in [0.2, 0.25) is 0 Å². The van der Waals surface area contributed by atoms with Crippen molar-refractivity contribution >= 4 is 21.9 Å². The Morgan fingerprint density at radius 2 is 1.67 bits per heavy atom. The molecule has 6 rings (SSSR count). The monoisotopic (exact) mass is 435 g/mol. The highest BCUT2D eigenvalue weighted by atomic mass is 19.1. The lowest BCUT2D eigenvalue weighted by Crippen LogP contribution is -2.09. The van der Waals surface area contributed by atoms with Gasteiger partial charge in [0, 0.05) is 22.5 Å². The maximum absolute atomic E-state index is 13.8.